The van der Waals surface area contributed by atoms with Gasteiger partial charge in [0.15, 0.2) is 0 Å². The van der Waals surface area contributed by atoms with E-state index in [1.165, 1.54) is 58.0 Å². The van der Waals surface area contributed by atoms with Gasteiger partial charge in [-0.25, -0.2) is 0 Å². The molecule has 2 aliphatic rings. The van der Waals surface area contributed by atoms with Crippen LogP contribution in [0.4, 0.5) is 0 Å². The monoisotopic (exact) mass is 294 g/mol. The van der Waals surface area contributed by atoms with Crippen molar-refractivity contribution in [2.45, 2.75) is 97.2 Å². The second kappa shape index (κ2) is 7.46. The van der Waals surface area contributed by atoms with Crippen LogP contribution >= 0.6 is 0 Å². The van der Waals surface area contributed by atoms with E-state index in [1.807, 2.05) is 0 Å². The van der Waals surface area contributed by atoms with Gasteiger partial charge in [0.1, 0.15) is 0 Å². The quantitative estimate of drug-likeness (QED) is 0.806. The average molecular weight is 295 g/mol. The lowest BCUT2D eigenvalue weighted by Crippen LogP contribution is -2.66. The molecule has 1 aliphatic heterocycles. The Hall–Kier alpha value is -0.0800. The van der Waals surface area contributed by atoms with Crippen LogP contribution in [-0.4, -0.2) is 35.6 Å². The highest BCUT2D eigenvalue weighted by atomic mass is 15.3. The Morgan fingerprint density at radius 1 is 1.10 bits per heavy atom. The zero-order valence-electron chi connectivity index (χ0n) is 15.1. The predicted molar refractivity (Wildman–Crippen MR) is 92.7 cm³/mol. The largest absolute Gasteiger partial charge is 0.311 e. The molecule has 1 heterocycles. The van der Waals surface area contributed by atoms with Crippen LogP contribution in [0.25, 0.3) is 0 Å². The fourth-order valence-electron chi connectivity index (χ4n) is 4.52. The van der Waals surface area contributed by atoms with Crippen molar-refractivity contribution < 1.29 is 0 Å². The first-order chi connectivity index (χ1) is 10.0. The normalized spacial score (nSPS) is 30.0. The van der Waals surface area contributed by atoms with Gasteiger partial charge in [-0.05, 0) is 44.4 Å². The number of hydrogen-bond donors (Lipinski definition) is 1. The van der Waals surface area contributed by atoms with E-state index < -0.39 is 0 Å². The van der Waals surface area contributed by atoms with E-state index in [9.17, 15) is 0 Å². The van der Waals surface area contributed by atoms with Gasteiger partial charge in [0.25, 0.3) is 0 Å². The van der Waals surface area contributed by atoms with Crippen LogP contribution in [-0.2, 0) is 0 Å². The summed E-state index contributed by atoms with van der Waals surface area (Å²) in [5.74, 6) is 1.66. The SMILES string of the molecule is CCC(C)(CC)N1CC(C2CCCCC2)NCC1C(C)C. The molecule has 0 bridgehead atoms. The van der Waals surface area contributed by atoms with Crippen molar-refractivity contribution in [1.82, 2.24) is 10.2 Å². The molecule has 124 valence electrons. The van der Waals surface area contributed by atoms with Crippen LogP contribution in [0, 0.1) is 11.8 Å². The molecule has 0 amide bonds. The van der Waals surface area contributed by atoms with Gasteiger partial charge < -0.3 is 5.32 Å². The molecule has 21 heavy (non-hydrogen) atoms. The third kappa shape index (κ3) is 3.82. The van der Waals surface area contributed by atoms with Crippen LogP contribution in [0.2, 0.25) is 0 Å². The molecule has 1 aliphatic carbocycles. The van der Waals surface area contributed by atoms with Gasteiger partial charge in [0, 0.05) is 30.7 Å². The highest BCUT2D eigenvalue weighted by Crippen LogP contribution is 2.34. The molecule has 2 rings (SSSR count). The third-order valence-corrected chi connectivity index (χ3v) is 6.59. The van der Waals surface area contributed by atoms with Crippen molar-refractivity contribution in [3.63, 3.8) is 0 Å². The molecule has 1 saturated heterocycles. The minimum absolute atomic E-state index is 0.379. The van der Waals surface area contributed by atoms with Gasteiger partial charge in [-0.2, -0.15) is 0 Å². The summed E-state index contributed by atoms with van der Waals surface area (Å²) in [6.45, 7) is 14.5. The van der Waals surface area contributed by atoms with Gasteiger partial charge >= 0.3 is 0 Å². The lowest BCUT2D eigenvalue weighted by Gasteiger charge is -2.53. The maximum absolute atomic E-state index is 3.93. The van der Waals surface area contributed by atoms with Crippen molar-refractivity contribution in [3.05, 3.63) is 0 Å². The molecule has 2 unspecified atom stereocenters. The van der Waals surface area contributed by atoms with Crippen molar-refractivity contribution in [3.8, 4) is 0 Å². The van der Waals surface area contributed by atoms with Gasteiger partial charge in [-0.3, -0.25) is 4.90 Å². The maximum atomic E-state index is 3.93. The molecular formula is C19H38N2. The predicted octanol–water partition coefficient (Wildman–Crippen LogP) is 4.44. The molecule has 0 aromatic rings. The first-order valence-electron chi connectivity index (χ1n) is 9.52. The minimum atomic E-state index is 0.379. The van der Waals surface area contributed by atoms with Crippen LogP contribution in [0.1, 0.15) is 79.6 Å². The van der Waals surface area contributed by atoms with Crippen molar-refractivity contribution in [2.24, 2.45) is 11.8 Å². The Labute approximate surface area is 133 Å². The van der Waals surface area contributed by atoms with Crippen LogP contribution in [0.5, 0.6) is 0 Å². The van der Waals surface area contributed by atoms with E-state index in [-0.39, 0.29) is 0 Å². The lowest BCUT2D eigenvalue weighted by atomic mass is 9.80. The fourth-order valence-corrected chi connectivity index (χ4v) is 4.52. The van der Waals surface area contributed by atoms with Crippen LogP contribution in [0.3, 0.4) is 0 Å². The van der Waals surface area contributed by atoms with Crippen LogP contribution < -0.4 is 5.32 Å². The van der Waals surface area contributed by atoms with E-state index in [0.717, 1.165) is 17.9 Å². The fraction of sp³-hybridized carbons (Fsp3) is 1.00. The number of rotatable bonds is 5. The lowest BCUT2D eigenvalue weighted by molar-refractivity contribution is -0.0164. The summed E-state index contributed by atoms with van der Waals surface area (Å²) in [5, 5.41) is 3.93. The maximum Gasteiger partial charge on any atom is 0.0249 e. The molecular weight excluding hydrogens is 256 g/mol. The van der Waals surface area contributed by atoms with E-state index >= 15 is 0 Å². The Morgan fingerprint density at radius 3 is 2.24 bits per heavy atom. The Bertz CT molecular complexity index is 303. The number of piperazine rings is 1. The standard InChI is InChI=1S/C19H38N2/c1-6-19(5,7-2)21-14-17(16-11-9-8-10-12-16)20-13-18(21)15(3)4/h15-18,20H,6-14H2,1-5H3. The molecule has 0 aromatic heterocycles. The number of nitrogens with zero attached hydrogens (tertiary/aromatic N) is 1. The molecule has 0 aromatic carbocycles. The van der Waals surface area contributed by atoms with Gasteiger partial charge in [-0.15, -0.1) is 0 Å². The summed E-state index contributed by atoms with van der Waals surface area (Å²) in [6.07, 6.45) is 9.81. The summed E-state index contributed by atoms with van der Waals surface area (Å²) < 4.78 is 0. The van der Waals surface area contributed by atoms with E-state index in [1.54, 1.807) is 0 Å². The Balaban J connectivity index is 2.11. The third-order valence-electron chi connectivity index (χ3n) is 6.59. The van der Waals surface area contributed by atoms with E-state index in [2.05, 4.69) is 44.8 Å². The molecule has 2 heteroatoms. The number of nitrogens with one attached hydrogen (secondary N) is 1. The second-order valence-electron chi connectivity index (χ2n) is 8.08. The average Bonchev–Trinajstić information content (AvgIpc) is 2.54. The van der Waals surface area contributed by atoms with Crippen LogP contribution in [0.15, 0.2) is 0 Å². The van der Waals surface area contributed by atoms with Crippen molar-refractivity contribution in [1.29, 1.82) is 0 Å². The molecule has 0 radical (unpaired) electrons. The second-order valence-corrected chi connectivity index (χ2v) is 8.08. The molecule has 1 saturated carbocycles. The summed E-state index contributed by atoms with van der Waals surface area (Å²) >= 11 is 0. The first-order valence-corrected chi connectivity index (χ1v) is 9.52. The summed E-state index contributed by atoms with van der Waals surface area (Å²) in [7, 11) is 0. The Morgan fingerprint density at radius 2 is 1.71 bits per heavy atom. The summed E-state index contributed by atoms with van der Waals surface area (Å²) in [4.78, 5) is 2.88. The van der Waals surface area contributed by atoms with Gasteiger partial charge in [-0.1, -0.05) is 47.0 Å². The topological polar surface area (TPSA) is 15.3 Å². The molecule has 2 nitrogen and oxygen atoms in total. The highest BCUT2D eigenvalue weighted by Gasteiger charge is 2.41. The zero-order valence-corrected chi connectivity index (χ0v) is 15.1. The highest BCUT2D eigenvalue weighted by molar-refractivity contribution is 4.98. The van der Waals surface area contributed by atoms with Gasteiger partial charge in [0.05, 0.1) is 0 Å². The van der Waals surface area contributed by atoms with Crippen molar-refractivity contribution >= 4 is 0 Å². The molecule has 2 fully saturated rings. The minimum Gasteiger partial charge on any atom is -0.311 e. The van der Waals surface area contributed by atoms with E-state index in [0.29, 0.717) is 11.6 Å². The van der Waals surface area contributed by atoms with E-state index in [4.69, 9.17) is 0 Å². The molecule has 1 N–H and O–H groups in total. The summed E-state index contributed by atoms with van der Waals surface area (Å²) in [5.41, 5.74) is 0.379. The Kier molecular flexibility index (Phi) is 6.14. The smallest absolute Gasteiger partial charge is 0.0249 e. The number of hydrogen-bond acceptors (Lipinski definition) is 2. The summed E-state index contributed by atoms with van der Waals surface area (Å²) in [6, 6.07) is 1.44. The van der Waals surface area contributed by atoms with Gasteiger partial charge in [0.2, 0.25) is 0 Å². The zero-order chi connectivity index (χ0) is 15.5. The first kappa shape index (κ1) is 17.3. The molecule has 2 atom stereocenters. The van der Waals surface area contributed by atoms with Crippen molar-refractivity contribution in [2.75, 3.05) is 13.1 Å². The molecule has 0 spiro atoms.